The zero-order chi connectivity index (χ0) is 30.8. The number of hydrogen-bond acceptors (Lipinski definition) is 4. The van der Waals surface area contributed by atoms with E-state index in [-0.39, 0.29) is 35.0 Å². The number of halogens is 6. The average molecular weight is 611 g/mol. The molecule has 4 nitrogen and oxygen atoms in total. The Morgan fingerprint density at radius 1 is 0.744 bits per heavy atom. The van der Waals surface area contributed by atoms with Gasteiger partial charge < -0.3 is 18.9 Å². The van der Waals surface area contributed by atoms with E-state index in [1.54, 1.807) is 12.1 Å². The number of benzene rings is 3. The van der Waals surface area contributed by atoms with Crippen molar-refractivity contribution in [2.45, 2.75) is 57.5 Å². The van der Waals surface area contributed by atoms with E-state index in [4.69, 9.17) is 18.9 Å². The summed E-state index contributed by atoms with van der Waals surface area (Å²) >= 11 is 0. The quantitative estimate of drug-likeness (QED) is 0.161. The van der Waals surface area contributed by atoms with Crippen LogP contribution in [0.1, 0.15) is 56.9 Å². The fraction of sp³-hybridized carbons (Fsp3) is 0.455. The smallest absolute Gasteiger partial charge is 0.432 e. The Hall–Kier alpha value is -3.56. The molecule has 0 heterocycles. The monoisotopic (exact) mass is 610 g/mol. The molecule has 0 spiro atoms. The molecule has 3 aromatic carbocycles. The van der Waals surface area contributed by atoms with Crippen molar-refractivity contribution >= 4 is 0 Å². The maximum atomic E-state index is 15.1. The summed E-state index contributed by atoms with van der Waals surface area (Å²) < 4.78 is 105. The van der Waals surface area contributed by atoms with E-state index >= 15 is 4.39 Å². The molecule has 0 N–H and O–H groups in total. The van der Waals surface area contributed by atoms with Gasteiger partial charge in [-0.2, -0.15) is 13.2 Å². The highest BCUT2D eigenvalue weighted by molar-refractivity contribution is 5.75. The molecule has 1 aliphatic rings. The lowest BCUT2D eigenvalue weighted by Gasteiger charge is -2.28. The summed E-state index contributed by atoms with van der Waals surface area (Å²) in [7, 11) is 0. The van der Waals surface area contributed by atoms with Crippen molar-refractivity contribution in [1.82, 2.24) is 0 Å². The van der Waals surface area contributed by atoms with Gasteiger partial charge in [-0.15, -0.1) is 0 Å². The second-order valence-electron chi connectivity index (χ2n) is 10.6. The number of para-hydroxylation sites is 1. The fourth-order valence-corrected chi connectivity index (χ4v) is 5.50. The maximum absolute atomic E-state index is 15.1. The van der Waals surface area contributed by atoms with Crippen LogP contribution in [0.4, 0.5) is 26.3 Å². The zero-order valence-electron chi connectivity index (χ0n) is 24.0. The maximum Gasteiger partial charge on any atom is 0.432 e. The Labute approximate surface area is 247 Å². The molecule has 0 saturated heterocycles. The normalized spacial score (nSPS) is 17.0. The van der Waals surface area contributed by atoms with E-state index in [1.807, 2.05) is 0 Å². The molecular formula is C33H36F6O4. The molecule has 0 unspecified atom stereocenters. The molecule has 43 heavy (non-hydrogen) atoms. The van der Waals surface area contributed by atoms with Gasteiger partial charge in [-0.1, -0.05) is 44.0 Å². The van der Waals surface area contributed by atoms with Crippen LogP contribution in [-0.4, -0.2) is 39.3 Å². The highest BCUT2D eigenvalue weighted by Gasteiger charge is 2.34. The number of rotatable bonds is 15. The van der Waals surface area contributed by atoms with Crippen LogP contribution in [0.3, 0.4) is 0 Å². The van der Waals surface area contributed by atoms with Crippen LogP contribution in [0.5, 0.6) is 23.0 Å². The van der Waals surface area contributed by atoms with Gasteiger partial charge in [-0.05, 0) is 73.4 Å². The van der Waals surface area contributed by atoms with Gasteiger partial charge in [-0.3, -0.25) is 0 Å². The number of ether oxygens (including phenoxy) is 4. The van der Waals surface area contributed by atoms with Crippen molar-refractivity contribution in [3.63, 3.8) is 0 Å². The van der Waals surface area contributed by atoms with E-state index in [0.717, 1.165) is 36.5 Å². The molecule has 0 amide bonds. The highest BCUT2D eigenvalue weighted by Crippen LogP contribution is 2.41. The molecule has 0 aliphatic heterocycles. The van der Waals surface area contributed by atoms with Crippen molar-refractivity contribution in [3.05, 3.63) is 71.8 Å². The summed E-state index contributed by atoms with van der Waals surface area (Å²) in [5, 5.41) is 0. The Kier molecular flexibility index (Phi) is 11.5. The summed E-state index contributed by atoms with van der Waals surface area (Å²) in [4.78, 5) is 0. The molecule has 0 radical (unpaired) electrons. The third kappa shape index (κ3) is 8.51. The lowest BCUT2D eigenvalue weighted by Crippen LogP contribution is -2.32. The van der Waals surface area contributed by atoms with Gasteiger partial charge in [0.2, 0.25) is 5.82 Å². The van der Waals surface area contributed by atoms with Gasteiger partial charge in [0.1, 0.15) is 32.3 Å². The lowest BCUT2D eigenvalue weighted by atomic mass is 9.77. The Morgan fingerprint density at radius 2 is 1.44 bits per heavy atom. The Morgan fingerprint density at radius 3 is 2.12 bits per heavy atom. The van der Waals surface area contributed by atoms with Gasteiger partial charge in [-0.25, -0.2) is 13.2 Å². The van der Waals surface area contributed by atoms with E-state index < -0.39 is 50.1 Å². The topological polar surface area (TPSA) is 36.9 Å². The summed E-state index contributed by atoms with van der Waals surface area (Å²) in [6, 6.07) is 12.8. The predicted molar refractivity (Wildman–Crippen MR) is 152 cm³/mol. The van der Waals surface area contributed by atoms with Crippen molar-refractivity contribution in [2.75, 3.05) is 33.2 Å². The van der Waals surface area contributed by atoms with E-state index in [2.05, 4.69) is 6.92 Å². The number of hydrogen-bond donors (Lipinski definition) is 0. The lowest BCUT2D eigenvalue weighted by molar-refractivity contribution is -0.195. The summed E-state index contributed by atoms with van der Waals surface area (Å²) in [5.41, 5.74) is 0.766. The van der Waals surface area contributed by atoms with Crippen molar-refractivity contribution < 1.29 is 45.3 Å². The van der Waals surface area contributed by atoms with Gasteiger partial charge >= 0.3 is 6.11 Å². The number of alkyl halides is 4. The molecular weight excluding hydrogens is 574 g/mol. The second-order valence-corrected chi connectivity index (χ2v) is 10.6. The minimum Gasteiger partial charge on any atom is -0.487 e. The third-order valence-electron chi connectivity index (χ3n) is 7.53. The van der Waals surface area contributed by atoms with Gasteiger partial charge in [0, 0.05) is 11.1 Å². The van der Waals surface area contributed by atoms with Crippen LogP contribution in [0.15, 0.2) is 54.6 Å². The highest BCUT2D eigenvalue weighted by atomic mass is 19.3. The van der Waals surface area contributed by atoms with Gasteiger partial charge in [0.15, 0.2) is 29.7 Å². The molecule has 10 heteroatoms. The fourth-order valence-electron chi connectivity index (χ4n) is 5.50. The first-order chi connectivity index (χ1) is 20.8. The molecule has 0 aromatic heterocycles. The molecule has 1 aliphatic carbocycles. The van der Waals surface area contributed by atoms with Crippen LogP contribution >= 0.6 is 0 Å². The molecule has 0 atom stereocenters. The van der Waals surface area contributed by atoms with Crippen molar-refractivity contribution in [3.8, 4) is 34.1 Å². The molecule has 3 aromatic rings. The average Bonchev–Trinajstić information content (AvgIpc) is 3.01. The van der Waals surface area contributed by atoms with Crippen LogP contribution in [0.25, 0.3) is 11.1 Å². The summed E-state index contributed by atoms with van der Waals surface area (Å²) in [6.45, 7) is -1.62. The Balaban J connectivity index is 1.41. The van der Waals surface area contributed by atoms with Crippen LogP contribution < -0.4 is 18.9 Å². The van der Waals surface area contributed by atoms with Crippen LogP contribution in [0, 0.1) is 17.6 Å². The minimum atomic E-state index is -3.84. The molecule has 234 valence electrons. The van der Waals surface area contributed by atoms with Crippen molar-refractivity contribution in [2.24, 2.45) is 5.92 Å². The molecule has 4 rings (SSSR count). The van der Waals surface area contributed by atoms with Crippen LogP contribution in [-0.2, 0) is 0 Å². The molecule has 1 saturated carbocycles. The first-order valence-electron chi connectivity index (χ1n) is 14.5. The standard InChI is InChI=1S/C33H36F6O4/c1-2-4-22-7-9-23(10-8-22)24-11-13-25(14-12-24)43-33(38,39)21-42-28-16-15-26(30(36)31(28)37)27-5-3-6-29(40-19-17-34)32(27)41-20-18-35/h3,5-6,11-16,22-23H,2,4,7-10,17-21H2,1H3. The summed E-state index contributed by atoms with van der Waals surface area (Å²) in [6.07, 6.45) is 3.05. The van der Waals surface area contributed by atoms with Crippen LogP contribution in [0.2, 0.25) is 0 Å². The predicted octanol–water partition coefficient (Wildman–Crippen LogP) is 9.45. The van der Waals surface area contributed by atoms with E-state index in [1.165, 1.54) is 56.0 Å². The molecule has 1 fully saturated rings. The Bertz CT molecular complexity index is 1310. The van der Waals surface area contributed by atoms with Gasteiger partial charge in [0.25, 0.3) is 0 Å². The van der Waals surface area contributed by atoms with E-state index in [9.17, 15) is 22.0 Å². The first kappa shape index (κ1) is 32.4. The zero-order valence-corrected chi connectivity index (χ0v) is 24.0. The SMILES string of the molecule is CCCC1CCC(c2ccc(OC(F)(F)COc3ccc(-c4cccc(OCCF)c4OCCF)c(F)c3F)cc2)CC1. The third-order valence-corrected chi connectivity index (χ3v) is 7.53. The molecule has 0 bridgehead atoms. The van der Waals surface area contributed by atoms with Crippen molar-refractivity contribution in [1.29, 1.82) is 0 Å². The minimum absolute atomic E-state index is 0.00104. The second kappa shape index (κ2) is 15.3. The van der Waals surface area contributed by atoms with E-state index in [0.29, 0.717) is 5.92 Å². The summed E-state index contributed by atoms with van der Waals surface area (Å²) in [5.74, 6) is -2.71. The largest absolute Gasteiger partial charge is 0.487 e. The first-order valence-corrected chi connectivity index (χ1v) is 14.5. The van der Waals surface area contributed by atoms with Gasteiger partial charge in [0.05, 0.1) is 0 Å².